The van der Waals surface area contributed by atoms with Crippen LogP contribution in [-0.4, -0.2) is 25.5 Å². The van der Waals surface area contributed by atoms with Gasteiger partial charge in [0, 0.05) is 5.56 Å². The van der Waals surface area contributed by atoms with E-state index in [4.69, 9.17) is 14.2 Å². The average molecular weight is 328 g/mol. The molecule has 126 valence electrons. The lowest BCUT2D eigenvalue weighted by molar-refractivity contribution is 0.0522. The third kappa shape index (κ3) is 4.35. The SMILES string of the molecule is CCOC(=O)c1cc(OCc2ccc(OC)cc2)ccc1C(C)=O. The molecular weight excluding hydrogens is 308 g/mol. The summed E-state index contributed by atoms with van der Waals surface area (Å²) < 4.78 is 15.8. The van der Waals surface area contributed by atoms with Crippen molar-refractivity contribution in [3.63, 3.8) is 0 Å². The fourth-order valence-electron chi connectivity index (χ4n) is 2.19. The third-order valence-corrected chi connectivity index (χ3v) is 3.43. The Morgan fingerprint density at radius 3 is 2.21 bits per heavy atom. The van der Waals surface area contributed by atoms with Crippen LogP contribution in [0.2, 0.25) is 0 Å². The summed E-state index contributed by atoms with van der Waals surface area (Å²) >= 11 is 0. The van der Waals surface area contributed by atoms with Crippen LogP contribution in [0, 0.1) is 0 Å². The molecule has 0 radical (unpaired) electrons. The third-order valence-electron chi connectivity index (χ3n) is 3.43. The number of hydrogen-bond acceptors (Lipinski definition) is 5. The highest BCUT2D eigenvalue weighted by atomic mass is 16.5. The van der Waals surface area contributed by atoms with Gasteiger partial charge in [-0.05, 0) is 49.7 Å². The molecule has 0 aliphatic carbocycles. The summed E-state index contributed by atoms with van der Waals surface area (Å²) in [6.45, 7) is 3.71. The minimum absolute atomic E-state index is 0.195. The van der Waals surface area contributed by atoms with Crippen molar-refractivity contribution >= 4 is 11.8 Å². The van der Waals surface area contributed by atoms with Gasteiger partial charge in [0.2, 0.25) is 0 Å². The van der Waals surface area contributed by atoms with Crippen molar-refractivity contribution < 1.29 is 23.8 Å². The molecule has 0 bridgehead atoms. The Morgan fingerprint density at radius 2 is 1.62 bits per heavy atom. The van der Waals surface area contributed by atoms with Crippen LogP contribution in [0.1, 0.15) is 40.1 Å². The molecule has 0 amide bonds. The maximum Gasteiger partial charge on any atom is 0.338 e. The van der Waals surface area contributed by atoms with Crippen molar-refractivity contribution in [2.45, 2.75) is 20.5 Å². The minimum Gasteiger partial charge on any atom is -0.497 e. The smallest absolute Gasteiger partial charge is 0.338 e. The maximum absolute atomic E-state index is 12.0. The second kappa shape index (κ2) is 8.15. The molecule has 2 aromatic carbocycles. The van der Waals surface area contributed by atoms with Crippen LogP contribution in [0.15, 0.2) is 42.5 Å². The van der Waals surface area contributed by atoms with Gasteiger partial charge in [0.15, 0.2) is 5.78 Å². The van der Waals surface area contributed by atoms with E-state index in [1.165, 1.54) is 13.0 Å². The first-order valence-corrected chi connectivity index (χ1v) is 7.63. The molecule has 0 aliphatic heterocycles. The summed E-state index contributed by atoms with van der Waals surface area (Å²) in [5.41, 5.74) is 1.51. The maximum atomic E-state index is 12.0. The molecule has 24 heavy (non-hydrogen) atoms. The van der Waals surface area contributed by atoms with Gasteiger partial charge >= 0.3 is 5.97 Å². The highest BCUT2D eigenvalue weighted by Gasteiger charge is 2.16. The van der Waals surface area contributed by atoms with E-state index in [0.717, 1.165) is 11.3 Å². The molecule has 0 spiro atoms. The minimum atomic E-state index is -0.530. The molecule has 2 rings (SSSR count). The van der Waals surface area contributed by atoms with Crippen LogP contribution in [0.25, 0.3) is 0 Å². The summed E-state index contributed by atoms with van der Waals surface area (Å²) in [7, 11) is 1.61. The van der Waals surface area contributed by atoms with Gasteiger partial charge < -0.3 is 14.2 Å². The number of ketones is 1. The molecule has 0 heterocycles. The van der Waals surface area contributed by atoms with Crippen molar-refractivity contribution in [2.24, 2.45) is 0 Å². The fourth-order valence-corrected chi connectivity index (χ4v) is 2.19. The van der Waals surface area contributed by atoms with Gasteiger partial charge in [-0.2, -0.15) is 0 Å². The van der Waals surface area contributed by atoms with E-state index >= 15 is 0 Å². The first-order chi connectivity index (χ1) is 11.5. The highest BCUT2D eigenvalue weighted by molar-refractivity contribution is 6.05. The molecule has 0 aliphatic rings. The van der Waals surface area contributed by atoms with Crippen molar-refractivity contribution in [2.75, 3.05) is 13.7 Å². The van der Waals surface area contributed by atoms with Gasteiger partial charge in [-0.25, -0.2) is 4.79 Å². The van der Waals surface area contributed by atoms with Crippen LogP contribution in [-0.2, 0) is 11.3 Å². The van der Waals surface area contributed by atoms with E-state index in [1.807, 2.05) is 24.3 Å². The number of rotatable bonds is 7. The summed E-state index contributed by atoms with van der Waals surface area (Å²) in [6.07, 6.45) is 0. The molecule has 0 aromatic heterocycles. The standard InChI is InChI=1S/C19H20O5/c1-4-23-19(21)18-11-16(9-10-17(18)13(2)20)24-12-14-5-7-15(22-3)8-6-14/h5-11H,4,12H2,1-3H3. The Kier molecular flexibility index (Phi) is 5.95. The average Bonchev–Trinajstić information content (AvgIpc) is 2.60. The zero-order valence-electron chi connectivity index (χ0n) is 14.0. The van der Waals surface area contributed by atoms with E-state index in [-0.39, 0.29) is 18.0 Å². The highest BCUT2D eigenvalue weighted by Crippen LogP contribution is 2.21. The summed E-state index contributed by atoms with van der Waals surface area (Å²) in [5.74, 6) is 0.547. The number of ether oxygens (including phenoxy) is 3. The topological polar surface area (TPSA) is 61.8 Å². The normalized spacial score (nSPS) is 10.1. The molecule has 0 atom stereocenters. The zero-order valence-corrected chi connectivity index (χ0v) is 14.0. The van der Waals surface area contributed by atoms with E-state index in [0.29, 0.717) is 17.9 Å². The van der Waals surface area contributed by atoms with Gasteiger partial charge in [0.1, 0.15) is 18.1 Å². The Hall–Kier alpha value is -2.82. The Bertz CT molecular complexity index is 719. The Morgan fingerprint density at radius 1 is 0.958 bits per heavy atom. The molecule has 0 saturated heterocycles. The second-order valence-electron chi connectivity index (χ2n) is 5.12. The predicted molar refractivity (Wildman–Crippen MR) is 89.7 cm³/mol. The van der Waals surface area contributed by atoms with Crippen LogP contribution in [0.3, 0.4) is 0 Å². The molecule has 0 saturated carbocycles. The van der Waals surface area contributed by atoms with Crippen LogP contribution >= 0.6 is 0 Å². The summed E-state index contributed by atoms with van der Waals surface area (Å²) in [5, 5.41) is 0. The number of methoxy groups -OCH3 is 1. The number of carbonyl (C=O) groups excluding carboxylic acids is 2. The number of benzene rings is 2. The summed E-state index contributed by atoms with van der Waals surface area (Å²) in [6, 6.07) is 12.3. The zero-order chi connectivity index (χ0) is 17.5. The number of esters is 1. The second-order valence-corrected chi connectivity index (χ2v) is 5.12. The van der Waals surface area contributed by atoms with Gasteiger partial charge in [0.05, 0.1) is 19.3 Å². The van der Waals surface area contributed by atoms with Gasteiger partial charge in [0.25, 0.3) is 0 Å². The Labute approximate surface area is 141 Å². The van der Waals surface area contributed by atoms with Crippen molar-refractivity contribution in [1.29, 1.82) is 0 Å². The van der Waals surface area contributed by atoms with Crippen molar-refractivity contribution in [1.82, 2.24) is 0 Å². The quantitative estimate of drug-likeness (QED) is 0.573. The molecule has 0 fully saturated rings. The first-order valence-electron chi connectivity index (χ1n) is 7.63. The lowest BCUT2D eigenvalue weighted by Gasteiger charge is -2.11. The number of carbonyl (C=O) groups is 2. The van der Waals surface area contributed by atoms with Crippen molar-refractivity contribution in [3.8, 4) is 11.5 Å². The van der Waals surface area contributed by atoms with E-state index in [2.05, 4.69) is 0 Å². The molecule has 5 heteroatoms. The van der Waals surface area contributed by atoms with Crippen LogP contribution in [0.4, 0.5) is 0 Å². The molecule has 5 nitrogen and oxygen atoms in total. The van der Waals surface area contributed by atoms with Gasteiger partial charge in [-0.15, -0.1) is 0 Å². The molecular formula is C19H20O5. The molecule has 0 N–H and O–H groups in total. The number of Topliss-reactive ketones (excluding diaryl/α,β-unsaturated/α-hetero) is 1. The monoisotopic (exact) mass is 328 g/mol. The molecule has 2 aromatic rings. The predicted octanol–water partition coefficient (Wildman–Crippen LogP) is 3.65. The van der Waals surface area contributed by atoms with Gasteiger partial charge in [-0.3, -0.25) is 4.79 Å². The van der Waals surface area contributed by atoms with Crippen LogP contribution in [0.5, 0.6) is 11.5 Å². The van der Waals surface area contributed by atoms with E-state index in [9.17, 15) is 9.59 Å². The first kappa shape index (κ1) is 17.5. The van der Waals surface area contributed by atoms with Crippen LogP contribution < -0.4 is 9.47 Å². The van der Waals surface area contributed by atoms with Crippen molar-refractivity contribution in [3.05, 3.63) is 59.2 Å². The van der Waals surface area contributed by atoms with E-state index < -0.39 is 5.97 Å². The lowest BCUT2D eigenvalue weighted by atomic mass is 10.0. The molecule has 0 unspecified atom stereocenters. The van der Waals surface area contributed by atoms with E-state index in [1.54, 1.807) is 26.2 Å². The summed E-state index contributed by atoms with van der Waals surface area (Å²) in [4.78, 5) is 23.7. The lowest BCUT2D eigenvalue weighted by Crippen LogP contribution is -2.11. The Balaban J connectivity index is 2.16. The largest absolute Gasteiger partial charge is 0.497 e. The fraction of sp³-hybridized carbons (Fsp3) is 0.263. The number of hydrogen-bond donors (Lipinski definition) is 0. The van der Waals surface area contributed by atoms with Gasteiger partial charge in [-0.1, -0.05) is 12.1 Å².